The number of hydrogen-bond acceptors (Lipinski definition) is 2. The molecule has 1 aliphatic rings. The number of allylic oxidation sites excluding steroid dienone is 1. The molecule has 1 N–H and O–H groups in total. The minimum atomic E-state index is -0.888. The zero-order valence-electron chi connectivity index (χ0n) is 8.49. The molecule has 2 rings (SSSR count). The fourth-order valence-corrected chi connectivity index (χ4v) is 1.90. The zero-order valence-corrected chi connectivity index (χ0v) is 8.49. The first-order chi connectivity index (χ1) is 7.20. The molecular weight excluding hydrogens is 192 g/mol. The van der Waals surface area contributed by atoms with E-state index in [4.69, 9.17) is 9.84 Å². The van der Waals surface area contributed by atoms with Gasteiger partial charge in [0.2, 0.25) is 0 Å². The number of benzene rings is 1. The highest BCUT2D eigenvalue weighted by Gasteiger charge is 2.17. The summed E-state index contributed by atoms with van der Waals surface area (Å²) in [6.07, 6.45) is 3.00. The van der Waals surface area contributed by atoms with Crippen LogP contribution in [-0.2, 0) is 11.2 Å². The molecule has 0 aliphatic heterocycles. The maximum absolute atomic E-state index is 10.6. The predicted octanol–water partition coefficient (Wildman–Crippen LogP) is 2.11. The Morgan fingerprint density at radius 3 is 2.93 bits per heavy atom. The molecule has 0 unspecified atom stereocenters. The Bertz CT molecular complexity index is 432. The molecule has 3 heteroatoms. The molecule has 0 fully saturated rings. The lowest BCUT2D eigenvalue weighted by molar-refractivity contribution is -0.131. The van der Waals surface area contributed by atoms with E-state index in [0.717, 1.165) is 29.7 Å². The minimum Gasteiger partial charge on any atom is -0.497 e. The van der Waals surface area contributed by atoms with E-state index in [1.54, 1.807) is 7.11 Å². The van der Waals surface area contributed by atoms with Gasteiger partial charge in [0.25, 0.3) is 0 Å². The number of carbonyl (C=O) groups is 1. The highest BCUT2D eigenvalue weighted by molar-refractivity contribution is 5.91. The number of aliphatic carboxylic acids is 1. The maximum atomic E-state index is 10.6. The van der Waals surface area contributed by atoms with Crippen molar-refractivity contribution in [3.05, 3.63) is 35.4 Å². The second-order valence-electron chi connectivity index (χ2n) is 3.53. The molecule has 1 aromatic carbocycles. The summed E-state index contributed by atoms with van der Waals surface area (Å²) in [5, 5.41) is 8.72. The lowest BCUT2D eigenvalue weighted by Crippen LogP contribution is -1.90. The van der Waals surface area contributed by atoms with Crippen molar-refractivity contribution in [2.24, 2.45) is 0 Å². The van der Waals surface area contributed by atoms with Crippen molar-refractivity contribution < 1.29 is 14.6 Å². The lowest BCUT2D eigenvalue weighted by Gasteiger charge is -2.04. The molecule has 0 bridgehead atoms. The second-order valence-corrected chi connectivity index (χ2v) is 3.53. The van der Waals surface area contributed by atoms with Gasteiger partial charge in [0.05, 0.1) is 7.11 Å². The Morgan fingerprint density at radius 1 is 1.47 bits per heavy atom. The number of methoxy groups -OCH3 is 1. The van der Waals surface area contributed by atoms with E-state index in [1.807, 2.05) is 18.2 Å². The number of rotatable bonds is 2. The van der Waals surface area contributed by atoms with Gasteiger partial charge in [-0.05, 0) is 41.7 Å². The summed E-state index contributed by atoms with van der Waals surface area (Å²) in [5.74, 6) is -0.118. The molecule has 3 nitrogen and oxygen atoms in total. The van der Waals surface area contributed by atoms with Crippen molar-refractivity contribution in [2.45, 2.75) is 12.8 Å². The highest BCUT2D eigenvalue weighted by atomic mass is 16.5. The Kier molecular flexibility index (Phi) is 2.46. The van der Waals surface area contributed by atoms with Crippen molar-refractivity contribution in [1.29, 1.82) is 0 Å². The van der Waals surface area contributed by atoms with E-state index in [9.17, 15) is 4.79 Å². The van der Waals surface area contributed by atoms with Crippen LogP contribution in [0.5, 0.6) is 5.75 Å². The van der Waals surface area contributed by atoms with Gasteiger partial charge in [0, 0.05) is 6.08 Å². The van der Waals surface area contributed by atoms with E-state index in [1.165, 1.54) is 11.6 Å². The van der Waals surface area contributed by atoms with Gasteiger partial charge in [-0.3, -0.25) is 0 Å². The Labute approximate surface area is 88.0 Å². The summed E-state index contributed by atoms with van der Waals surface area (Å²) < 4.78 is 5.12. The van der Waals surface area contributed by atoms with Crippen molar-refractivity contribution in [3.8, 4) is 5.75 Å². The van der Waals surface area contributed by atoms with Crippen LogP contribution in [0.3, 0.4) is 0 Å². The van der Waals surface area contributed by atoms with E-state index < -0.39 is 5.97 Å². The summed E-state index contributed by atoms with van der Waals surface area (Å²) in [5.41, 5.74) is 3.09. The van der Waals surface area contributed by atoms with Crippen LogP contribution < -0.4 is 4.74 Å². The Hall–Kier alpha value is -1.77. The number of ether oxygens (including phenoxy) is 1. The van der Waals surface area contributed by atoms with Crippen molar-refractivity contribution in [1.82, 2.24) is 0 Å². The van der Waals surface area contributed by atoms with Gasteiger partial charge in [-0.15, -0.1) is 0 Å². The third-order valence-electron chi connectivity index (χ3n) is 2.62. The van der Waals surface area contributed by atoms with Crippen LogP contribution in [0.4, 0.5) is 0 Å². The second kappa shape index (κ2) is 3.77. The van der Waals surface area contributed by atoms with Crippen molar-refractivity contribution in [2.75, 3.05) is 7.11 Å². The molecule has 1 aliphatic carbocycles. The summed E-state index contributed by atoms with van der Waals surface area (Å²) >= 11 is 0. The number of carboxylic acids is 1. The standard InChI is InChI=1S/C12H12O3/c1-15-10-5-4-8-2-3-9(6-12(13)14)11(8)7-10/h4-7H,2-3H2,1H3,(H,13,14)/b9-6+. The van der Waals surface area contributed by atoms with E-state index in [-0.39, 0.29) is 0 Å². The molecule has 1 aromatic rings. The lowest BCUT2D eigenvalue weighted by atomic mass is 10.1. The molecular formula is C12H12O3. The number of fused-ring (bicyclic) bond motifs is 1. The van der Waals surface area contributed by atoms with Crippen LogP contribution >= 0.6 is 0 Å². The molecule has 0 amide bonds. The fraction of sp³-hybridized carbons (Fsp3) is 0.250. The molecule has 0 spiro atoms. The molecule has 0 heterocycles. The molecule has 0 saturated heterocycles. The predicted molar refractivity (Wildman–Crippen MR) is 56.9 cm³/mol. The van der Waals surface area contributed by atoms with Crippen molar-refractivity contribution in [3.63, 3.8) is 0 Å². The van der Waals surface area contributed by atoms with Crippen LogP contribution in [0.1, 0.15) is 17.5 Å². The SMILES string of the molecule is COc1ccc2c(c1)/C(=C/C(=O)O)CC2. The van der Waals surface area contributed by atoms with Crippen LogP contribution in [-0.4, -0.2) is 18.2 Å². The topological polar surface area (TPSA) is 46.5 Å². The quantitative estimate of drug-likeness (QED) is 0.750. The van der Waals surface area contributed by atoms with Gasteiger partial charge in [-0.1, -0.05) is 6.07 Å². The van der Waals surface area contributed by atoms with Gasteiger partial charge >= 0.3 is 5.97 Å². The molecule has 0 saturated carbocycles. The Balaban J connectivity index is 2.44. The Morgan fingerprint density at radius 2 is 2.27 bits per heavy atom. The first-order valence-corrected chi connectivity index (χ1v) is 4.81. The van der Waals surface area contributed by atoms with Crippen LogP contribution in [0.25, 0.3) is 5.57 Å². The summed E-state index contributed by atoms with van der Waals surface area (Å²) in [7, 11) is 1.61. The highest BCUT2D eigenvalue weighted by Crippen LogP contribution is 2.34. The third-order valence-corrected chi connectivity index (χ3v) is 2.62. The van der Waals surface area contributed by atoms with Gasteiger partial charge in [-0.2, -0.15) is 0 Å². The van der Waals surface area contributed by atoms with Gasteiger partial charge in [0.1, 0.15) is 5.75 Å². The summed E-state index contributed by atoms with van der Waals surface area (Å²) in [6.45, 7) is 0. The summed E-state index contributed by atoms with van der Waals surface area (Å²) in [4.78, 5) is 10.6. The van der Waals surface area contributed by atoms with Crippen LogP contribution in [0, 0.1) is 0 Å². The number of hydrogen-bond donors (Lipinski definition) is 1. The smallest absolute Gasteiger partial charge is 0.328 e. The average Bonchev–Trinajstić information content (AvgIpc) is 2.60. The molecule has 15 heavy (non-hydrogen) atoms. The average molecular weight is 204 g/mol. The first-order valence-electron chi connectivity index (χ1n) is 4.81. The molecule has 0 radical (unpaired) electrons. The monoisotopic (exact) mass is 204 g/mol. The fourth-order valence-electron chi connectivity index (χ4n) is 1.90. The van der Waals surface area contributed by atoms with Crippen molar-refractivity contribution >= 4 is 11.5 Å². The molecule has 0 atom stereocenters. The van der Waals surface area contributed by atoms with Gasteiger partial charge in [-0.25, -0.2) is 4.79 Å². The maximum Gasteiger partial charge on any atom is 0.328 e. The number of carboxylic acid groups (broad SMARTS) is 1. The van der Waals surface area contributed by atoms with Crippen LogP contribution in [0.15, 0.2) is 24.3 Å². The van der Waals surface area contributed by atoms with E-state index in [2.05, 4.69) is 0 Å². The van der Waals surface area contributed by atoms with Crippen LogP contribution in [0.2, 0.25) is 0 Å². The molecule has 0 aromatic heterocycles. The van der Waals surface area contributed by atoms with Gasteiger partial charge in [0.15, 0.2) is 0 Å². The van der Waals surface area contributed by atoms with Gasteiger partial charge < -0.3 is 9.84 Å². The minimum absolute atomic E-state index is 0.770. The number of aryl methyl sites for hydroxylation is 1. The zero-order chi connectivity index (χ0) is 10.8. The van der Waals surface area contributed by atoms with E-state index in [0.29, 0.717) is 0 Å². The van der Waals surface area contributed by atoms with E-state index >= 15 is 0 Å². The first kappa shape index (κ1) is 9.77. The largest absolute Gasteiger partial charge is 0.497 e. The molecule has 78 valence electrons. The summed E-state index contributed by atoms with van der Waals surface area (Å²) in [6, 6.07) is 5.80. The third kappa shape index (κ3) is 1.86. The normalized spacial score (nSPS) is 16.5.